The van der Waals surface area contributed by atoms with Crippen LogP contribution in [0.2, 0.25) is 5.02 Å². The maximum atomic E-state index is 6.24. The second-order valence-corrected chi connectivity index (χ2v) is 7.97. The Balaban J connectivity index is 1.75. The van der Waals surface area contributed by atoms with Gasteiger partial charge in [-0.2, -0.15) is 0 Å². The van der Waals surface area contributed by atoms with Gasteiger partial charge in [0.05, 0.1) is 0 Å². The van der Waals surface area contributed by atoms with E-state index in [2.05, 4.69) is 36.2 Å². The minimum atomic E-state index is 0.487. The molecule has 0 unspecified atom stereocenters. The number of hydrogen-bond donors (Lipinski definition) is 1. The van der Waals surface area contributed by atoms with Gasteiger partial charge in [0.2, 0.25) is 0 Å². The molecule has 0 atom stereocenters. The van der Waals surface area contributed by atoms with Crippen LogP contribution in [0.5, 0.6) is 5.75 Å². The van der Waals surface area contributed by atoms with Crippen LogP contribution in [0.25, 0.3) is 0 Å². The predicted octanol–water partition coefficient (Wildman–Crippen LogP) is 6.30. The zero-order valence-corrected chi connectivity index (χ0v) is 18.9. The molecule has 0 saturated carbocycles. The number of benzene rings is 2. The van der Waals surface area contributed by atoms with Gasteiger partial charge >= 0.3 is 0 Å². The van der Waals surface area contributed by atoms with Crippen LogP contribution in [-0.4, -0.2) is 31.1 Å². The summed E-state index contributed by atoms with van der Waals surface area (Å²) in [6.07, 6.45) is 6.31. The maximum Gasteiger partial charge on any atom is 0.124 e. The Kier molecular flexibility index (Phi) is 11.8. The fourth-order valence-electron chi connectivity index (χ4n) is 3.31. The van der Waals surface area contributed by atoms with E-state index >= 15 is 0 Å². The SMILES string of the molecule is CCCCN(CCCC)CCCNCc1ccccc1OCc1ccccc1Cl. The molecule has 0 saturated heterocycles. The lowest BCUT2D eigenvalue weighted by molar-refractivity contribution is 0.260. The second-order valence-electron chi connectivity index (χ2n) is 7.57. The molecule has 0 amide bonds. The number of halogens is 1. The first-order valence-electron chi connectivity index (χ1n) is 11.1. The van der Waals surface area contributed by atoms with Gasteiger partial charge in [-0.05, 0) is 57.6 Å². The summed E-state index contributed by atoms with van der Waals surface area (Å²) >= 11 is 6.24. The molecule has 2 aromatic carbocycles. The Morgan fingerprint density at radius 2 is 1.45 bits per heavy atom. The first-order chi connectivity index (χ1) is 14.2. The monoisotopic (exact) mass is 416 g/mol. The fourth-order valence-corrected chi connectivity index (χ4v) is 3.50. The van der Waals surface area contributed by atoms with Gasteiger partial charge < -0.3 is 15.0 Å². The van der Waals surface area contributed by atoms with E-state index in [0.717, 1.165) is 29.4 Å². The van der Waals surface area contributed by atoms with Gasteiger partial charge in [0.1, 0.15) is 12.4 Å². The lowest BCUT2D eigenvalue weighted by Crippen LogP contribution is -2.29. The highest BCUT2D eigenvalue weighted by Gasteiger charge is 2.06. The van der Waals surface area contributed by atoms with Gasteiger partial charge in [0.25, 0.3) is 0 Å². The smallest absolute Gasteiger partial charge is 0.124 e. The summed E-state index contributed by atoms with van der Waals surface area (Å²) < 4.78 is 6.06. The van der Waals surface area contributed by atoms with Crippen molar-refractivity contribution in [2.75, 3.05) is 26.2 Å². The Morgan fingerprint density at radius 1 is 0.828 bits per heavy atom. The van der Waals surface area contributed by atoms with Crippen molar-refractivity contribution in [3.63, 3.8) is 0 Å². The van der Waals surface area contributed by atoms with E-state index in [9.17, 15) is 0 Å². The second kappa shape index (κ2) is 14.4. The molecule has 0 bridgehead atoms. The summed E-state index contributed by atoms with van der Waals surface area (Å²) in [7, 11) is 0. The summed E-state index contributed by atoms with van der Waals surface area (Å²) in [5.74, 6) is 0.924. The third kappa shape index (κ3) is 9.20. The number of rotatable bonds is 15. The van der Waals surface area contributed by atoms with Crippen molar-refractivity contribution >= 4 is 11.6 Å². The number of para-hydroxylation sites is 1. The fraction of sp³-hybridized carbons (Fsp3) is 0.520. The highest BCUT2D eigenvalue weighted by Crippen LogP contribution is 2.21. The molecule has 0 aliphatic heterocycles. The molecule has 2 aromatic rings. The summed E-state index contributed by atoms with van der Waals surface area (Å²) in [6.45, 7) is 10.5. The number of nitrogens with one attached hydrogen (secondary N) is 1. The standard InChI is InChI=1S/C25H37ClN2O/c1-3-5-17-28(18-6-4-2)19-11-16-27-20-22-12-8-10-15-25(22)29-21-23-13-7-9-14-24(23)26/h7-10,12-15,27H,3-6,11,16-21H2,1-2H3. The normalized spacial score (nSPS) is 11.2. The van der Waals surface area contributed by atoms with Crippen LogP contribution >= 0.6 is 11.6 Å². The first-order valence-corrected chi connectivity index (χ1v) is 11.5. The predicted molar refractivity (Wildman–Crippen MR) is 125 cm³/mol. The van der Waals surface area contributed by atoms with Crippen molar-refractivity contribution in [3.8, 4) is 5.75 Å². The molecule has 0 spiro atoms. The molecular weight excluding hydrogens is 380 g/mol. The topological polar surface area (TPSA) is 24.5 Å². The van der Waals surface area contributed by atoms with Crippen molar-refractivity contribution in [2.24, 2.45) is 0 Å². The molecule has 0 aromatic heterocycles. The molecule has 160 valence electrons. The van der Waals surface area contributed by atoms with E-state index in [0.29, 0.717) is 6.61 Å². The molecule has 4 heteroatoms. The van der Waals surface area contributed by atoms with E-state index in [-0.39, 0.29) is 0 Å². The molecule has 29 heavy (non-hydrogen) atoms. The highest BCUT2D eigenvalue weighted by atomic mass is 35.5. The average Bonchev–Trinajstić information content (AvgIpc) is 2.75. The Hall–Kier alpha value is -1.55. The van der Waals surface area contributed by atoms with Gasteiger partial charge in [-0.15, -0.1) is 0 Å². The van der Waals surface area contributed by atoms with Crippen molar-refractivity contribution < 1.29 is 4.74 Å². The van der Waals surface area contributed by atoms with Crippen LogP contribution in [0.4, 0.5) is 0 Å². The maximum absolute atomic E-state index is 6.24. The Bertz CT molecular complexity index is 684. The third-order valence-electron chi connectivity index (χ3n) is 5.11. The van der Waals surface area contributed by atoms with E-state index < -0.39 is 0 Å². The van der Waals surface area contributed by atoms with Crippen LogP contribution in [0.3, 0.4) is 0 Å². The van der Waals surface area contributed by atoms with Crippen LogP contribution in [0.1, 0.15) is 57.1 Å². The third-order valence-corrected chi connectivity index (χ3v) is 5.48. The molecule has 1 N–H and O–H groups in total. The number of ether oxygens (including phenoxy) is 1. The lowest BCUT2D eigenvalue weighted by atomic mass is 10.2. The number of nitrogens with zero attached hydrogens (tertiary/aromatic N) is 1. The zero-order valence-electron chi connectivity index (χ0n) is 18.1. The Morgan fingerprint density at radius 3 is 2.14 bits per heavy atom. The average molecular weight is 417 g/mol. The van der Waals surface area contributed by atoms with Crippen molar-refractivity contribution in [1.82, 2.24) is 10.2 Å². The van der Waals surface area contributed by atoms with Gasteiger partial charge in [-0.1, -0.05) is 74.7 Å². The van der Waals surface area contributed by atoms with Crippen molar-refractivity contribution in [3.05, 3.63) is 64.7 Å². The van der Waals surface area contributed by atoms with Crippen LogP contribution in [0.15, 0.2) is 48.5 Å². The molecular formula is C25H37ClN2O. The van der Waals surface area contributed by atoms with E-state index in [1.54, 1.807) is 0 Å². The molecule has 0 radical (unpaired) electrons. The lowest BCUT2D eigenvalue weighted by Gasteiger charge is -2.22. The quantitative estimate of drug-likeness (QED) is 0.345. The largest absolute Gasteiger partial charge is 0.489 e. The highest BCUT2D eigenvalue weighted by molar-refractivity contribution is 6.31. The van der Waals surface area contributed by atoms with E-state index in [1.165, 1.54) is 57.3 Å². The number of hydrogen-bond acceptors (Lipinski definition) is 3. The van der Waals surface area contributed by atoms with E-state index in [4.69, 9.17) is 16.3 Å². The molecule has 0 fully saturated rings. The van der Waals surface area contributed by atoms with Gasteiger partial charge in [0.15, 0.2) is 0 Å². The van der Waals surface area contributed by atoms with Gasteiger partial charge in [0, 0.05) is 22.7 Å². The van der Waals surface area contributed by atoms with Crippen molar-refractivity contribution in [1.29, 1.82) is 0 Å². The Labute approximate surface area is 182 Å². The molecule has 0 aliphatic carbocycles. The van der Waals surface area contributed by atoms with Crippen molar-refractivity contribution in [2.45, 2.75) is 59.1 Å². The summed E-state index contributed by atoms with van der Waals surface area (Å²) in [5, 5.41) is 4.34. The van der Waals surface area contributed by atoms with Gasteiger partial charge in [-0.25, -0.2) is 0 Å². The van der Waals surface area contributed by atoms with Crippen LogP contribution < -0.4 is 10.1 Å². The molecule has 2 rings (SSSR count). The molecule has 0 aliphatic rings. The molecule has 0 heterocycles. The van der Waals surface area contributed by atoms with Crippen LogP contribution in [-0.2, 0) is 13.2 Å². The summed E-state index contributed by atoms with van der Waals surface area (Å²) in [6, 6.07) is 16.1. The van der Waals surface area contributed by atoms with E-state index in [1.807, 2.05) is 36.4 Å². The minimum Gasteiger partial charge on any atom is -0.489 e. The zero-order chi connectivity index (χ0) is 20.7. The van der Waals surface area contributed by atoms with Gasteiger partial charge in [-0.3, -0.25) is 0 Å². The summed E-state index contributed by atoms with van der Waals surface area (Å²) in [5.41, 5.74) is 2.20. The minimum absolute atomic E-state index is 0.487. The number of unbranched alkanes of at least 4 members (excludes halogenated alkanes) is 2. The molecule has 3 nitrogen and oxygen atoms in total. The van der Waals surface area contributed by atoms with Crippen LogP contribution in [0, 0.1) is 0 Å². The summed E-state index contributed by atoms with van der Waals surface area (Å²) in [4.78, 5) is 2.62. The first kappa shape index (κ1) is 23.7.